The van der Waals surface area contributed by atoms with Gasteiger partial charge in [-0.05, 0) is 84.0 Å². The quantitative estimate of drug-likeness (QED) is 0.138. The van der Waals surface area contributed by atoms with E-state index in [0.29, 0.717) is 45.3 Å². The highest BCUT2D eigenvalue weighted by Gasteiger charge is 2.58. The first-order chi connectivity index (χ1) is 32.2. The molecule has 4 heterocycles. The van der Waals surface area contributed by atoms with Gasteiger partial charge in [0.1, 0.15) is 69.7 Å². The van der Waals surface area contributed by atoms with E-state index in [9.17, 15) is 5.11 Å². The Morgan fingerprint density at radius 3 is 1.16 bits per heavy atom. The van der Waals surface area contributed by atoms with E-state index in [1.165, 1.54) is 0 Å². The molecule has 16 heteroatoms. The number of hydrogen-bond donors (Lipinski definition) is 1. The molecule has 0 aliphatic carbocycles. The third kappa shape index (κ3) is 9.98. The molecule has 4 aromatic carbocycles. The van der Waals surface area contributed by atoms with Gasteiger partial charge in [0.25, 0.3) is 0 Å². The van der Waals surface area contributed by atoms with Crippen molar-refractivity contribution in [2.45, 2.75) is 155 Å². The van der Waals surface area contributed by atoms with Crippen molar-refractivity contribution in [2.75, 3.05) is 35.0 Å². The van der Waals surface area contributed by atoms with Crippen LogP contribution in [-0.4, -0.2) is 76.6 Å². The summed E-state index contributed by atoms with van der Waals surface area (Å²) in [7, 11) is 1.97. The highest BCUT2D eigenvalue weighted by molar-refractivity contribution is 7.32. The van der Waals surface area contributed by atoms with Gasteiger partial charge < -0.3 is 55.1 Å². The molecule has 2 saturated heterocycles. The van der Waals surface area contributed by atoms with Gasteiger partial charge in [-0.15, -0.1) is 0 Å². The first kappa shape index (κ1) is 51.0. The zero-order chi connectivity index (χ0) is 50.3. The van der Waals surface area contributed by atoms with Gasteiger partial charge in [-0.3, -0.25) is 9.05 Å². The lowest BCUT2D eigenvalue weighted by molar-refractivity contribution is -0.220. The molecule has 2 aromatic heterocycles. The number of benzene rings is 4. The van der Waals surface area contributed by atoms with Crippen LogP contribution >= 0.6 is 16.5 Å². The molecule has 2 fully saturated rings. The van der Waals surface area contributed by atoms with Crippen LogP contribution in [0.1, 0.15) is 119 Å². The summed E-state index contributed by atoms with van der Waals surface area (Å²) in [5, 5.41) is 14.5. The van der Waals surface area contributed by atoms with Crippen LogP contribution in [0.3, 0.4) is 0 Å². The molecule has 2 aliphatic heterocycles. The highest BCUT2D eigenvalue weighted by Crippen LogP contribution is 2.50. The van der Waals surface area contributed by atoms with E-state index in [2.05, 4.69) is 83.1 Å². The third-order valence-electron chi connectivity index (χ3n) is 12.7. The van der Waals surface area contributed by atoms with Crippen LogP contribution in [0.15, 0.2) is 65.3 Å². The van der Waals surface area contributed by atoms with Crippen LogP contribution in [0.5, 0.6) is 23.0 Å². The van der Waals surface area contributed by atoms with Gasteiger partial charge in [0, 0.05) is 43.8 Å². The van der Waals surface area contributed by atoms with E-state index in [-0.39, 0.29) is 0 Å². The van der Waals surface area contributed by atoms with Crippen molar-refractivity contribution in [1.29, 1.82) is 0 Å². The summed E-state index contributed by atoms with van der Waals surface area (Å²) in [6.07, 6.45) is -4.78. The molecule has 1 N–H and O–H groups in total. The maximum atomic E-state index is 11.5. The van der Waals surface area contributed by atoms with Gasteiger partial charge in [0.05, 0.1) is 35.0 Å². The second-order valence-corrected chi connectivity index (χ2v) is 24.5. The monoisotopic (exact) mass is 992 g/mol. The van der Waals surface area contributed by atoms with E-state index >= 15 is 0 Å². The lowest BCUT2D eigenvalue weighted by Gasteiger charge is -2.28. The van der Waals surface area contributed by atoms with Crippen molar-refractivity contribution in [1.82, 2.24) is 0 Å². The summed E-state index contributed by atoms with van der Waals surface area (Å²) >= 11 is 0. The molecule has 8 rings (SSSR count). The van der Waals surface area contributed by atoms with Crippen LogP contribution < -0.4 is 28.0 Å². The minimum atomic E-state index is -2.32. The van der Waals surface area contributed by atoms with E-state index in [0.717, 1.165) is 43.8 Å². The van der Waals surface area contributed by atoms with Crippen molar-refractivity contribution in [3.05, 3.63) is 70.8 Å². The molecule has 0 bridgehead atoms. The van der Waals surface area contributed by atoms with E-state index in [1.807, 2.05) is 62.4 Å². The fraction of sp³-hybridized carbons (Fsp3) is 0.547. The normalized spacial score (nSPS) is 20.2. The molecule has 5 atom stereocenters. The number of aliphatic hydroxyl groups is 1. The number of fused-ring (bicyclic) bond motifs is 7. The Morgan fingerprint density at radius 2 is 0.855 bits per heavy atom. The molecule has 6 aromatic rings. The first-order valence-corrected chi connectivity index (χ1v) is 25.6. The van der Waals surface area contributed by atoms with E-state index < -0.39 is 81.2 Å². The Balaban J connectivity index is 1.36. The Bertz CT molecular complexity index is 2810. The van der Waals surface area contributed by atoms with Crippen molar-refractivity contribution in [2.24, 2.45) is 0 Å². The van der Waals surface area contributed by atoms with Crippen molar-refractivity contribution < 1.29 is 64.1 Å². The molecule has 0 radical (unpaired) electrons. The maximum Gasteiger partial charge on any atom is 0.387 e. The van der Waals surface area contributed by atoms with Crippen LogP contribution in [-0.2, 0) is 35.9 Å². The summed E-state index contributed by atoms with van der Waals surface area (Å²) in [5.74, 6) is 1.60. The summed E-state index contributed by atoms with van der Waals surface area (Å²) in [6, 6.07) is 15.7. The van der Waals surface area contributed by atoms with Gasteiger partial charge in [0.2, 0.25) is 0 Å². The highest BCUT2D eigenvalue weighted by atomic mass is 31.1. The maximum absolute atomic E-state index is 11.5. The smallest absolute Gasteiger partial charge is 0.387 e. The lowest BCUT2D eigenvalue weighted by Crippen LogP contribution is -2.47. The predicted molar refractivity (Wildman–Crippen MR) is 270 cm³/mol. The second kappa shape index (κ2) is 18.4. The van der Waals surface area contributed by atoms with Crippen molar-refractivity contribution >= 4 is 60.4 Å². The fourth-order valence-corrected chi connectivity index (χ4v) is 11.5. The first-order valence-electron chi connectivity index (χ1n) is 23.4. The number of aliphatic hydroxyl groups excluding tert-OH is 1. The van der Waals surface area contributed by atoms with Gasteiger partial charge >= 0.3 is 16.5 Å². The molecule has 376 valence electrons. The topological polar surface area (TPSA) is 156 Å². The van der Waals surface area contributed by atoms with E-state index in [1.54, 1.807) is 28.4 Å². The summed E-state index contributed by atoms with van der Waals surface area (Å²) in [4.78, 5) is 0. The zero-order valence-corrected chi connectivity index (χ0v) is 45.2. The van der Waals surface area contributed by atoms with Crippen molar-refractivity contribution in [3.8, 4) is 23.0 Å². The standard InChI is InChI=1S/C53H70O14P2/c1-49(2,3)36-23-28(55-15)19-32-33-20-29(56-16)24-37(50(4,5)6)42(33)64-68(63-41(32)36)62-40(27-54)45-46(47-48(59-45)61-53(13,14)60-47)67-69-65-43-34(21-30(57-17)25-38(43)51(7,8)9)35-22-31(58-18)26-39(44(35)66-69)52(10,11)12/h19-26,40,45-48,54H,27H2,1-18H3/t40-,45-,46+,47-,48-/m1/s1. The summed E-state index contributed by atoms with van der Waals surface area (Å²) in [6.45, 7) is 28.5. The average molecular weight is 993 g/mol. The zero-order valence-electron chi connectivity index (χ0n) is 43.4. The molecule has 0 spiro atoms. The van der Waals surface area contributed by atoms with Gasteiger partial charge in [-0.2, -0.15) is 0 Å². The molecule has 0 unspecified atom stereocenters. The molecule has 2 aliphatic rings. The van der Waals surface area contributed by atoms with Gasteiger partial charge in [-0.1, -0.05) is 83.1 Å². The Labute approximate surface area is 407 Å². The number of ether oxygens (including phenoxy) is 7. The van der Waals surface area contributed by atoms with Crippen LogP contribution in [0, 0.1) is 0 Å². The molecular weight excluding hydrogens is 923 g/mol. The molecule has 14 nitrogen and oxygen atoms in total. The van der Waals surface area contributed by atoms with Crippen molar-refractivity contribution in [3.63, 3.8) is 0 Å². The van der Waals surface area contributed by atoms with Crippen LogP contribution in [0.25, 0.3) is 43.9 Å². The van der Waals surface area contributed by atoms with E-state index in [4.69, 9.17) is 59.0 Å². The second-order valence-electron chi connectivity index (χ2n) is 22.5. The average Bonchev–Trinajstić information content (AvgIpc) is 3.60. The van der Waals surface area contributed by atoms with Gasteiger partial charge in [0.15, 0.2) is 12.1 Å². The molecular formula is C53H70O14P2. The number of hydrogen-bond acceptors (Lipinski definition) is 14. The SMILES string of the molecule is COc1cc(C(C)(C)C)c2op(O[C@@H]3[C@H]4OC(C)(C)O[C@H]4O[C@@H]3[C@@H](CO)Op3oc4c(C(C)(C)C)cc(OC)cc4c4cc(OC)cc(C(C)(C)C)c4o3)oc3c(C(C)(C)C)cc(OC)cc3c2c1. The molecule has 0 amide bonds. The fourth-order valence-electron chi connectivity index (χ4n) is 9.05. The Kier molecular flexibility index (Phi) is 13.6. The summed E-state index contributed by atoms with van der Waals surface area (Å²) < 4.78 is 85.2. The minimum Gasteiger partial charge on any atom is -0.497 e. The number of rotatable bonds is 10. The minimum absolute atomic E-state index is 0.406. The van der Waals surface area contributed by atoms with Crippen LogP contribution in [0.4, 0.5) is 0 Å². The molecule has 0 saturated carbocycles. The largest absolute Gasteiger partial charge is 0.497 e. The lowest BCUT2D eigenvalue weighted by atomic mass is 9.84. The Hall–Kier alpha value is -4.36. The summed E-state index contributed by atoms with van der Waals surface area (Å²) in [5.41, 5.74) is 4.13. The van der Waals surface area contributed by atoms with Crippen LogP contribution in [0.2, 0.25) is 0 Å². The Morgan fingerprint density at radius 1 is 0.522 bits per heavy atom. The number of methoxy groups -OCH3 is 4. The molecule has 69 heavy (non-hydrogen) atoms. The predicted octanol–water partition coefficient (Wildman–Crippen LogP) is 13.3. The van der Waals surface area contributed by atoms with Gasteiger partial charge in [-0.25, -0.2) is 0 Å². The third-order valence-corrected chi connectivity index (χ3v) is 14.9.